The van der Waals surface area contributed by atoms with Gasteiger partial charge in [0, 0.05) is 68.4 Å². The van der Waals surface area contributed by atoms with Gasteiger partial charge in [-0.1, -0.05) is 13.0 Å². The Labute approximate surface area is 333 Å². The number of aromatic nitrogens is 4. The summed E-state index contributed by atoms with van der Waals surface area (Å²) in [6, 6.07) is 9.58. The number of halogens is 7. The van der Waals surface area contributed by atoms with Gasteiger partial charge in [0.15, 0.2) is 6.61 Å². The van der Waals surface area contributed by atoms with Crippen LogP contribution < -0.4 is 25.6 Å². The molecule has 0 aliphatic carbocycles. The molecule has 3 aromatic heterocycles. The van der Waals surface area contributed by atoms with Gasteiger partial charge in [-0.3, -0.25) is 9.88 Å². The zero-order chi connectivity index (χ0) is 41.7. The second kappa shape index (κ2) is 18.1. The number of pyridine rings is 2. The number of carboxylic acid groups (broad SMARTS) is 1. The highest BCUT2D eigenvalue weighted by atomic mass is 79.9. The SMILES string of the molecule is CCc1cc(Nc2ncc(Br)c(Nc3ccc4ncccc4c3P(C)(C)=O)n2)c(OCC(F)(F)F)nc1N1CCC(N2CCN(C)CC2)CC1.O=C(O)C(F)(F)F. The molecule has 0 atom stereocenters. The Hall–Kier alpha value is -4.26. The molecule has 0 radical (unpaired) electrons. The van der Waals surface area contributed by atoms with Crippen LogP contribution in [0.3, 0.4) is 0 Å². The van der Waals surface area contributed by atoms with Gasteiger partial charge in [0.25, 0.3) is 0 Å². The van der Waals surface area contributed by atoms with Gasteiger partial charge >= 0.3 is 18.3 Å². The van der Waals surface area contributed by atoms with E-state index in [1.54, 1.807) is 37.7 Å². The van der Waals surface area contributed by atoms with Crippen molar-refractivity contribution < 1.29 is 45.5 Å². The van der Waals surface area contributed by atoms with Gasteiger partial charge in [-0.25, -0.2) is 9.78 Å². The van der Waals surface area contributed by atoms with E-state index in [1.165, 1.54) is 6.20 Å². The Morgan fingerprint density at radius 2 is 1.65 bits per heavy atom. The van der Waals surface area contributed by atoms with Crippen molar-refractivity contribution in [2.75, 3.05) is 81.8 Å². The Morgan fingerprint density at radius 1 is 0.982 bits per heavy atom. The first-order chi connectivity index (χ1) is 26.7. The third-order valence-corrected chi connectivity index (χ3v) is 11.5. The molecule has 4 aromatic rings. The van der Waals surface area contributed by atoms with Gasteiger partial charge in [-0.15, -0.1) is 0 Å². The number of anilines is 5. The molecule has 0 amide bonds. The fourth-order valence-corrected chi connectivity index (χ4v) is 8.39. The molecule has 57 heavy (non-hydrogen) atoms. The molecule has 21 heteroatoms. The van der Waals surface area contributed by atoms with Crippen LogP contribution in [0.2, 0.25) is 0 Å². The summed E-state index contributed by atoms with van der Waals surface area (Å²) in [5.74, 6) is -1.83. The van der Waals surface area contributed by atoms with Gasteiger partial charge in [0.1, 0.15) is 24.5 Å². The predicted molar refractivity (Wildman–Crippen MR) is 210 cm³/mol. The number of benzene rings is 1. The summed E-state index contributed by atoms with van der Waals surface area (Å²) < 4.78 is 91.3. The van der Waals surface area contributed by atoms with Crippen molar-refractivity contribution >= 4 is 74.2 Å². The van der Waals surface area contributed by atoms with Crippen LogP contribution in [-0.2, 0) is 15.8 Å². The third kappa shape index (κ3) is 11.7. The number of ether oxygens (including phenoxy) is 1. The van der Waals surface area contributed by atoms with Crippen LogP contribution in [0.25, 0.3) is 10.9 Å². The predicted octanol–water partition coefficient (Wildman–Crippen LogP) is 7.27. The van der Waals surface area contributed by atoms with Crippen molar-refractivity contribution in [1.82, 2.24) is 29.7 Å². The molecule has 1 aromatic carbocycles. The molecule has 0 unspecified atom stereocenters. The van der Waals surface area contributed by atoms with Crippen LogP contribution in [0.4, 0.5) is 55.3 Å². The Kier molecular flexibility index (Phi) is 13.9. The summed E-state index contributed by atoms with van der Waals surface area (Å²) in [7, 11) is -0.645. The van der Waals surface area contributed by atoms with E-state index < -0.39 is 32.1 Å². The van der Waals surface area contributed by atoms with Gasteiger partial charge in [-0.05, 0) is 85.4 Å². The fraction of sp³-hybridized carbons (Fsp3) is 0.472. The molecule has 0 saturated carbocycles. The largest absolute Gasteiger partial charge is 0.490 e. The van der Waals surface area contributed by atoms with E-state index >= 15 is 0 Å². The number of rotatable bonds is 10. The lowest BCUT2D eigenvalue weighted by Crippen LogP contribution is -2.52. The molecule has 2 saturated heterocycles. The van der Waals surface area contributed by atoms with Crippen LogP contribution in [0.15, 0.2) is 47.2 Å². The van der Waals surface area contributed by atoms with Crippen molar-refractivity contribution in [3.8, 4) is 5.88 Å². The molecule has 13 nitrogen and oxygen atoms in total. The molecule has 6 rings (SSSR count). The Bertz CT molecular complexity index is 2090. The molecule has 5 heterocycles. The maximum atomic E-state index is 13.5. The van der Waals surface area contributed by atoms with Gasteiger partial charge in [0.05, 0.1) is 15.7 Å². The summed E-state index contributed by atoms with van der Waals surface area (Å²) in [5, 5.41) is 14.9. The minimum Gasteiger partial charge on any atom is -0.475 e. The Morgan fingerprint density at radius 3 is 2.25 bits per heavy atom. The molecule has 310 valence electrons. The molecular weight excluding hydrogens is 847 g/mol. The lowest BCUT2D eigenvalue weighted by atomic mass is 10.0. The first-order valence-corrected chi connectivity index (χ1v) is 21.3. The summed E-state index contributed by atoms with van der Waals surface area (Å²) in [6.07, 6.45) is -3.91. The molecule has 2 aliphatic rings. The number of piperidine rings is 1. The summed E-state index contributed by atoms with van der Waals surface area (Å²) in [5.41, 5.74) is 2.40. The van der Waals surface area contributed by atoms with Crippen LogP contribution in [-0.4, -0.2) is 125 Å². The van der Waals surface area contributed by atoms with E-state index in [0.29, 0.717) is 39.6 Å². The highest BCUT2D eigenvalue weighted by Crippen LogP contribution is 2.42. The number of fused-ring (bicyclic) bond motifs is 1. The summed E-state index contributed by atoms with van der Waals surface area (Å²) in [4.78, 5) is 34.1. The minimum atomic E-state index is -5.08. The second-order valence-electron chi connectivity index (χ2n) is 14.0. The van der Waals surface area contributed by atoms with E-state index in [4.69, 9.17) is 19.6 Å². The fourth-order valence-electron chi connectivity index (χ4n) is 6.62. The quantitative estimate of drug-likeness (QED) is 0.108. The van der Waals surface area contributed by atoms with Crippen molar-refractivity contribution in [2.24, 2.45) is 0 Å². The molecular formula is C36H43BrF6N9O4P. The summed E-state index contributed by atoms with van der Waals surface area (Å²) in [6.45, 7) is 9.59. The van der Waals surface area contributed by atoms with Crippen molar-refractivity contribution in [2.45, 2.75) is 44.6 Å². The molecule has 3 N–H and O–H groups in total. The zero-order valence-electron chi connectivity index (χ0n) is 31.6. The number of aryl methyl sites for hydroxylation is 1. The van der Waals surface area contributed by atoms with Crippen LogP contribution in [0, 0.1) is 0 Å². The molecule has 0 spiro atoms. The molecule has 0 bridgehead atoms. The number of nitrogens with one attached hydrogen (secondary N) is 2. The number of carbonyl (C=O) groups is 1. The first kappa shape index (κ1) is 43.9. The van der Waals surface area contributed by atoms with Gasteiger partial charge < -0.3 is 34.8 Å². The lowest BCUT2D eigenvalue weighted by Gasteiger charge is -2.42. The number of piperazine rings is 1. The average Bonchev–Trinajstić information content (AvgIpc) is 3.14. The monoisotopic (exact) mass is 889 g/mol. The van der Waals surface area contributed by atoms with Gasteiger partial charge in [-0.2, -0.15) is 36.3 Å². The zero-order valence-corrected chi connectivity index (χ0v) is 34.1. The maximum Gasteiger partial charge on any atom is 0.490 e. The topological polar surface area (TPSA) is 149 Å². The van der Waals surface area contributed by atoms with E-state index in [9.17, 15) is 30.9 Å². The maximum absolute atomic E-state index is 13.5. The average molecular weight is 891 g/mol. The first-order valence-electron chi connectivity index (χ1n) is 17.9. The second-order valence-corrected chi connectivity index (χ2v) is 18.0. The minimum absolute atomic E-state index is 0.109. The normalized spacial score (nSPS) is 16.2. The van der Waals surface area contributed by atoms with Crippen LogP contribution in [0.1, 0.15) is 25.3 Å². The van der Waals surface area contributed by atoms with E-state index in [0.717, 1.165) is 68.6 Å². The van der Waals surface area contributed by atoms with E-state index in [1.807, 2.05) is 19.1 Å². The number of aliphatic carboxylic acids is 1. The number of hydrogen-bond acceptors (Lipinski definition) is 12. The van der Waals surface area contributed by atoms with Gasteiger partial charge in [0.2, 0.25) is 11.8 Å². The van der Waals surface area contributed by atoms with Crippen molar-refractivity contribution in [3.05, 3.63) is 52.8 Å². The number of alkyl halides is 6. The van der Waals surface area contributed by atoms with E-state index in [-0.39, 0.29) is 17.5 Å². The smallest absolute Gasteiger partial charge is 0.475 e. The highest BCUT2D eigenvalue weighted by Gasteiger charge is 2.38. The summed E-state index contributed by atoms with van der Waals surface area (Å²) >= 11 is 3.50. The third-order valence-electron chi connectivity index (χ3n) is 9.40. The lowest BCUT2D eigenvalue weighted by molar-refractivity contribution is -0.192. The van der Waals surface area contributed by atoms with Crippen molar-refractivity contribution in [3.63, 3.8) is 0 Å². The van der Waals surface area contributed by atoms with E-state index in [2.05, 4.69) is 63.3 Å². The number of nitrogens with zero attached hydrogens (tertiary/aromatic N) is 7. The standard InChI is InChI=1S/C34H42BrF3N9O2P.C2HF3O2/c1-5-22-19-28(32(49-21-34(36,37)38)44-31(22)47-13-10-23(11-14-47)46-17-15-45(2)16-18-46)42-33-40-20-25(35)30(43-33)41-27-9-8-26-24(7-6-12-39-26)29(27)50(3,4)48;3-2(4,5)1(6)7/h6-9,12,19-20,23H,5,10-11,13-18,21H2,1-4H3,(H2,40,41,42,43);(H,6,7). The highest BCUT2D eigenvalue weighted by molar-refractivity contribution is 9.10. The molecule has 2 fully saturated rings. The Balaban J connectivity index is 0.000000811. The van der Waals surface area contributed by atoms with Crippen molar-refractivity contribution in [1.29, 1.82) is 0 Å². The number of likely N-dealkylation sites (N-methyl/N-ethyl adjacent to an activating group) is 1. The van der Waals surface area contributed by atoms with Crippen LogP contribution in [0.5, 0.6) is 5.88 Å². The molecule has 2 aliphatic heterocycles. The van der Waals surface area contributed by atoms with Crippen LogP contribution >= 0.6 is 23.1 Å². The number of hydrogen-bond donors (Lipinski definition) is 3. The number of carboxylic acids is 1.